The monoisotopic (exact) mass is 449 g/mol. The quantitative estimate of drug-likeness (QED) is 0.281. The Balaban J connectivity index is 1.65. The molecular formula is C22H16BrN3OS. The number of aromatic nitrogens is 3. The standard InChI is InChI=1S/C22H16BrN3OS/c23-18-13-11-16(12-14-18)20(27)15-28-22-25-24-21(17-7-3-1-4-8-17)26(22)19-9-5-2-6-10-19/h1-14H,15H2. The Morgan fingerprint density at radius 2 is 1.50 bits per heavy atom. The first-order valence-corrected chi connectivity index (χ1v) is 10.5. The van der Waals surface area contributed by atoms with E-state index in [1.165, 1.54) is 11.8 Å². The number of para-hydroxylation sites is 1. The fourth-order valence-corrected chi connectivity index (χ4v) is 3.91. The molecule has 0 bridgehead atoms. The minimum atomic E-state index is 0.0568. The average molecular weight is 450 g/mol. The smallest absolute Gasteiger partial charge is 0.196 e. The third-order valence-electron chi connectivity index (χ3n) is 4.18. The van der Waals surface area contributed by atoms with Crippen molar-refractivity contribution in [3.63, 3.8) is 0 Å². The van der Waals surface area contributed by atoms with Crippen molar-refractivity contribution in [1.29, 1.82) is 0 Å². The van der Waals surface area contributed by atoms with Crippen molar-refractivity contribution in [3.05, 3.63) is 95.0 Å². The second kappa shape index (κ2) is 8.54. The molecule has 0 atom stereocenters. The largest absolute Gasteiger partial charge is 0.293 e. The molecule has 0 aliphatic rings. The second-order valence-corrected chi connectivity index (χ2v) is 7.92. The zero-order valence-electron chi connectivity index (χ0n) is 14.8. The Hall–Kier alpha value is -2.70. The van der Waals surface area contributed by atoms with E-state index in [0.29, 0.717) is 16.5 Å². The second-order valence-electron chi connectivity index (χ2n) is 6.06. The molecule has 1 aromatic heterocycles. The van der Waals surface area contributed by atoms with Crippen LogP contribution in [0, 0.1) is 0 Å². The number of halogens is 1. The van der Waals surface area contributed by atoms with Crippen molar-refractivity contribution in [2.45, 2.75) is 5.16 Å². The topological polar surface area (TPSA) is 47.8 Å². The molecule has 0 fully saturated rings. The SMILES string of the molecule is O=C(CSc1nnc(-c2ccccc2)n1-c1ccccc1)c1ccc(Br)cc1. The highest BCUT2D eigenvalue weighted by Crippen LogP contribution is 2.28. The van der Waals surface area contributed by atoms with Crippen molar-refractivity contribution in [3.8, 4) is 17.1 Å². The first-order chi connectivity index (χ1) is 13.7. The summed E-state index contributed by atoms with van der Waals surface area (Å²) < 4.78 is 2.95. The van der Waals surface area contributed by atoms with Crippen molar-refractivity contribution in [1.82, 2.24) is 14.8 Å². The summed E-state index contributed by atoms with van der Waals surface area (Å²) in [5, 5.41) is 9.45. The molecular weight excluding hydrogens is 434 g/mol. The lowest BCUT2D eigenvalue weighted by molar-refractivity contribution is 0.102. The third-order valence-corrected chi connectivity index (χ3v) is 5.64. The highest BCUT2D eigenvalue weighted by molar-refractivity contribution is 9.10. The number of hydrogen-bond donors (Lipinski definition) is 0. The van der Waals surface area contributed by atoms with Crippen LogP contribution < -0.4 is 0 Å². The summed E-state index contributed by atoms with van der Waals surface area (Å²) >= 11 is 4.79. The average Bonchev–Trinajstić information content (AvgIpc) is 3.18. The van der Waals surface area contributed by atoms with Crippen molar-refractivity contribution in [2.24, 2.45) is 0 Å². The van der Waals surface area contributed by atoms with Crippen LogP contribution in [0.1, 0.15) is 10.4 Å². The van der Waals surface area contributed by atoms with Crippen LogP contribution in [0.4, 0.5) is 0 Å². The Labute approximate surface area is 175 Å². The minimum Gasteiger partial charge on any atom is -0.293 e. The van der Waals surface area contributed by atoms with Crippen LogP contribution in [0.2, 0.25) is 0 Å². The van der Waals surface area contributed by atoms with Gasteiger partial charge in [-0.3, -0.25) is 9.36 Å². The molecule has 0 aliphatic carbocycles. The van der Waals surface area contributed by atoms with Gasteiger partial charge in [0.15, 0.2) is 16.8 Å². The first-order valence-electron chi connectivity index (χ1n) is 8.70. The third kappa shape index (κ3) is 4.08. The van der Waals surface area contributed by atoms with E-state index in [9.17, 15) is 4.79 Å². The summed E-state index contributed by atoms with van der Waals surface area (Å²) in [6.45, 7) is 0. The van der Waals surface area contributed by atoms with Crippen LogP contribution in [-0.4, -0.2) is 26.3 Å². The lowest BCUT2D eigenvalue weighted by atomic mass is 10.2. The molecule has 0 radical (unpaired) electrons. The number of rotatable bonds is 6. The molecule has 3 aromatic carbocycles. The van der Waals surface area contributed by atoms with E-state index in [1.807, 2.05) is 89.5 Å². The van der Waals surface area contributed by atoms with Gasteiger partial charge in [0, 0.05) is 21.3 Å². The Morgan fingerprint density at radius 1 is 0.857 bits per heavy atom. The maximum absolute atomic E-state index is 12.6. The van der Waals surface area contributed by atoms with Crippen LogP contribution >= 0.6 is 27.7 Å². The van der Waals surface area contributed by atoms with Gasteiger partial charge in [0.25, 0.3) is 0 Å². The lowest BCUT2D eigenvalue weighted by Gasteiger charge is -2.10. The number of ketones is 1. The molecule has 0 N–H and O–H groups in total. The number of thioether (sulfide) groups is 1. The van der Waals surface area contributed by atoms with E-state index < -0.39 is 0 Å². The van der Waals surface area contributed by atoms with E-state index in [-0.39, 0.29) is 5.78 Å². The van der Waals surface area contributed by atoms with Gasteiger partial charge in [-0.1, -0.05) is 88.4 Å². The molecule has 1 heterocycles. The molecule has 28 heavy (non-hydrogen) atoms. The predicted octanol–water partition coefficient (Wildman–Crippen LogP) is 5.67. The van der Waals surface area contributed by atoms with E-state index in [0.717, 1.165) is 21.5 Å². The van der Waals surface area contributed by atoms with Gasteiger partial charge in [0.2, 0.25) is 0 Å². The maximum atomic E-state index is 12.6. The Bertz CT molecular complexity index is 1080. The molecule has 138 valence electrons. The molecule has 0 spiro atoms. The van der Waals surface area contributed by atoms with E-state index >= 15 is 0 Å². The van der Waals surface area contributed by atoms with Crippen molar-refractivity contribution in [2.75, 3.05) is 5.75 Å². The molecule has 0 unspecified atom stereocenters. The van der Waals surface area contributed by atoms with E-state index in [1.54, 1.807) is 0 Å². The van der Waals surface area contributed by atoms with E-state index in [4.69, 9.17) is 0 Å². The number of nitrogens with zero attached hydrogens (tertiary/aromatic N) is 3. The fourth-order valence-electron chi connectivity index (χ4n) is 2.80. The Morgan fingerprint density at radius 3 is 2.18 bits per heavy atom. The van der Waals surface area contributed by atoms with Gasteiger partial charge in [-0.25, -0.2) is 0 Å². The van der Waals surface area contributed by atoms with Crippen LogP contribution in [0.3, 0.4) is 0 Å². The van der Waals surface area contributed by atoms with Crippen LogP contribution in [-0.2, 0) is 0 Å². The number of carbonyl (C=O) groups is 1. The first kappa shape index (κ1) is 18.7. The summed E-state index contributed by atoms with van der Waals surface area (Å²) in [6.07, 6.45) is 0. The van der Waals surface area contributed by atoms with Crippen molar-refractivity contribution < 1.29 is 4.79 Å². The zero-order chi connectivity index (χ0) is 19.3. The molecule has 4 aromatic rings. The van der Waals surface area contributed by atoms with Crippen LogP contribution in [0.5, 0.6) is 0 Å². The summed E-state index contributed by atoms with van der Waals surface area (Å²) in [4.78, 5) is 12.6. The van der Waals surface area contributed by atoms with Gasteiger partial charge in [-0.05, 0) is 24.3 Å². The highest BCUT2D eigenvalue weighted by Gasteiger charge is 2.17. The van der Waals surface area contributed by atoms with Gasteiger partial charge in [0.1, 0.15) is 0 Å². The summed E-state index contributed by atoms with van der Waals surface area (Å²) in [6, 6.07) is 27.3. The summed E-state index contributed by atoms with van der Waals surface area (Å²) in [5.41, 5.74) is 2.62. The predicted molar refractivity (Wildman–Crippen MR) is 116 cm³/mol. The number of carbonyl (C=O) groups excluding carboxylic acids is 1. The zero-order valence-corrected chi connectivity index (χ0v) is 17.2. The van der Waals surface area contributed by atoms with Gasteiger partial charge in [-0.2, -0.15) is 0 Å². The van der Waals surface area contributed by atoms with Gasteiger partial charge < -0.3 is 0 Å². The molecule has 4 nitrogen and oxygen atoms in total. The molecule has 0 saturated carbocycles. The molecule has 6 heteroatoms. The van der Waals surface area contributed by atoms with Gasteiger partial charge >= 0.3 is 0 Å². The van der Waals surface area contributed by atoms with Gasteiger partial charge in [-0.15, -0.1) is 10.2 Å². The molecule has 0 aliphatic heterocycles. The molecule has 0 saturated heterocycles. The Kier molecular flexibility index (Phi) is 5.69. The summed E-state index contributed by atoms with van der Waals surface area (Å²) in [5.74, 6) is 1.10. The minimum absolute atomic E-state index is 0.0568. The number of hydrogen-bond acceptors (Lipinski definition) is 4. The van der Waals surface area contributed by atoms with Gasteiger partial charge in [0.05, 0.1) is 5.75 Å². The number of benzene rings is 3. The summed E-state index contributed by atoms with van der Waals surface area (Å²) in [7, 11) is 0. The van der Waals surface area contributed by atoms with E-state index in [2.05, 4.69) is 26.1 Å². The number of Topliss-reactive ketones (excluding diaryl/α,β-unsaturated/α-hetero) is 1. The fraction of sp³-hybridized carbons (Fsp3) is 0.0455. The lowest BCUT2D eigenvalue weighted by Crippen LogP contribution is -2.05. The normalized spacial score (nSPS) is 10.8. The van der Waals surface area contributed by atoms with Crippen LogP contribution in [0.25, 0.3) is 17.1 Å². The van der Waals surface area contributed by atoms with Crippen molar-refractivity contribution >= 4 is 33.5 Å². The maximum Gasteiger partial charge on any atom is 0.196 e. The highest BCUT2D eigenvalue weighted by atomic mass is 79.9. The molecule has 4 rings (SSSR count). The molecule has 0 amide bonds. The van der Waals surface area contributed by atoms with Crippen LogP contribution in [0.15, 0.2) is 94.6 Å².